The Bertz CT molecular complexity index is 7060. The van der Waals surface area contributed by atoms with Gasteiger partial charge in [0.05, 0.1) is 98.4 Å². The summed E-state index contributed by atoms with van der Waals surface area (Å²) in [5.41, 5.74) is 12.5. The van der Waals surface area contributed by atoms with Gasteiger partial charge in [0, 0.05) is 54.2 Å². The lowest BCUT2D eigenvalue weighted by molar-refractivity contribution is -0.279. The van der Waals surface area contributed by atoms with E-state index in [-0.39, 0.29) is 143 Å². The van der Waals surface area contributed by atoms with Crippen LogP contribution in [-0.2, 0) is 57.6 Å². The van der Waals surface area contributed by atoms with E-state index in [1.807, 2.05) is 173 Å². The van der Waals surface area contributed by atoms with Crippen molar-refractivity contribution in [3.63, 3.8) is 0 Å². The zero-order valence-electron chi connectivity index (χ0n) is 86.4. The number of hydrogen-bond donors (Lipinski definition) is 2. The maximum Gasteiger partial charge on any atom is 0.300 e. The predicted octanol–water partition coefficient (Wildman–Crippen LogP) is 17.7. The Morgan fingerprint density at radius 3 is 0.880 bits per heavy atom. The van der Waals surface area contributed by atoms with Crippen molar-refractivity contribution in [3.8, 4) is 5.69 Å². The van der Waals surface area contributed by atoms with Crippen LogP contribution in [0.2, 0.25) is 0 Å². The molecule has 14 aliphatic rings. The van der Waals surface area contributed by atoms with Gasteiger partial charge >= 0.3 is 0 Å². The van der Waals surface area contributed by atoms with Crippen molar-refractivity contribution in [2.75, 3.05) is 29.4 Å². The smallest absolute Gasteiger partial charge is 0.300 e. The van der Waals surface area contributed by atoms with E-state index in [0.717, 1.165) is 109 Å². The number of amides is 12. The first-order chi connectivity index (χ1) is 70.8. The molecule has 12 amide bonds. The molecule has 7 heterocycles. The first-order valence-electron chi connectivity index (χ1n) is 49.8. The zero-order chi connectivity index (χ0) is 109. The van der Waals surface area contributed by atoms with E-state index >= 15 is 0 Å². The predicted molar refractivity (Wildman–Crippen MR) is 570 cm³/mol. The number of aromatic nitrogens is 1. The molecule has 21 unspecified atom stereocenters. The zero-order valence-corrected chi connectivity index (χ0v) is 86.4. The minimum Gasteiger partial charge on any atom is -0.503 e. The van der Waals surface area contributed by atoms with Gasteiger partial charge in [-0.05, 0) is 275 Å². The Balaban J connectivity index is 0.000000165. The second kappa shape index (κ2) is 46.1. The van der Waals surface area contributed by atoms with Crippen molar-refractivity contribution >= 4 is 111 Å². The number of benzene rings is 8. The van der Waals surface area contributed by atoms with E-state index in [4.69, 9.17) is 34.9 Å². The molecular formula is C117H127N7O26. The van der Waals surface area contributed by atoms with Crippen LogP contribution in [0.4, 0.5) is 34.1 Å². The highest BCUT2D eigenvalue weighted by Crippen LogP contribution is 2.62. The summed E-state index contributed by atoms with van der Waals surface area (Å²) >= 11 is 0. The average Bonchev–Trinajstić information content (AvgIpc) is 1.54. The number of hydrogen-bond acceptors (Lipinski definition) is 26. The van der Waals surface area contributed by atoms with Crippen LogP contribution in [0.3, 0.4) is 0 Å². The molecule has 22 rings (SSSR count). The highest BCUT2D eigenvalue weighted by molar-refractivity contribution is 6.35. The molecule has 7 aliphatic heterocycles. The molecule has 33 heteroatoms. The number of aliphatic hydroxyl groups is 1. The summed E-state index contributed by atoms with van der Waals surface area (Å²) in [4.78, 5) is 266. The number of aryl methyl sites for hydroxylation is 9. The number of fused-ring (bicyclic) bond motifs is 12. The number of ketones is 1. The number of Topliss-reactive ketones (excluding diaryl/α,β-unsaturated/α-hetero) is 1. The van der Waals surface area contributed by atoms with Gasteiger partial charge in [-0.2, -0.15) is 0 Å². The van der Waals surface area contributed by atoms with Gasteiger partial charge in [-0.15, -0.1) is 0 Å². The summed E-state index contributed by atoms with van der Waals surface area (Å²) < 4.78 is 0.895. The molecule has 0 aromatic heterocycles. The molecule has 0 radical (unpaired) electrons. The first kappa shape index (κ1) is 113. The molecule has 2 N–H and O–H groups in total. The van der Waals surface area contributed by atoms with Crippen molar-refractivity contribution in [2.45, 2.75) is 177 Å². The molecule has 10 fully saturated rings. The van der Waals surface area contributed by atoms with Crippen LogP contribution in [-0.4, -0.2) is 97.7 Å². The van der Waals surface area contributed by atoms with E-state index in [1.54, 1.807) is 84.9 Å². The van der Waals surface area contributed by atoms with Crippen molar-refractivity contribution in [1.29, 1.82) is 0 Å². The van der Waals surface area contributed by atoms with Crippen LogP contribution in [0, 0.1) is 235 Å². The maximum atomic E-state index is 12.9. The summed E-state index contributed by atoms with van der Waals surface area (Å²) in [6.07, 6.45) is 4.50. The van der Waals surface area contributed by atoms with Crippen LogP contribution in [0.1, 0.15) is 178 Å². The van der Waals surface area contributed by atoms with E-state index in [2.05, 4.69) is 46.4 Å². The highest BCUT2D eigenvalue weighted by atomic mass is 17.1. The molecule has 8 aromatic rings. The lowest BCUT2D eigenvalue weighted by Gasteiger charge is -2.31. The lowest BCUT2D eigenvalue weighted by atomic mass is 9.70. The standard InChI is InChI=1S/C18H23NO4.C18H19NO3.C18H21NO2.C17H13NO4.C17H21NO2.C17H15NO2.C11H9NO3.CH4.3O2.H2/c1-10-4-7-13(8-5-10)19-17(20)15(16(23-22)18(19)21)14-9-6-11(2)12(14)3;1-8-4-6-11(7-5-8)19-17(21)14-12-9(2)10(3)13(16(12)20)15(14)18(19)22;1-9-4-6-12(7-5-9)19-17(20)15-13-8-14(11(3)10(13)2)16(15)18(19)21;1-8-4-6-11(7-5-8)18-16(21)12-13(17(18)22)15(20)10(3)9(2)14(12)19;2*1-10-4-6-13(7-5-10)18-16(19)14-8-11(2)12(3)9-15(14)17(18)20;1-7-2-4-8(5-3-7)12-10(14)6-9(13)11(12)15;;3*1-2;/h4-5,7-8,11-12,14-16,22H,6,9H2,1-3H3;4-7,9-10,12-15H,1-3H3;4-7,10-11,13-16H,8H2,1-3H3;4-7H,1-3H3;4-7,11-12,14-15H,8-9H2,1-3H3;4-9H,1-3H3;2-6,13H,1H3;1H4;;;;1H. The fraction of sp³-hybridized carbons (Fsp3) is 0.393. The van der Waals surface area contributed by atoms with Crippen LogP contribution in [0.25, 0.3) is 5.69 Å². The van der Waals surface area contributed by atoms with Crippen molar-refractivity contribution < 1.29 is 79.0 Å². The minimum atomic E-state index is -1.10. The van der Waals surface area contributed by atoms with Gasteiger partial charge in [-0.25, -0.2) is 24.2 Å². The van der Waals surface area contributed by atoms with Gasteiger partial charge in [0.1, 0.15) is 16.2 Å². The molecule has 0 spiro atoms. The maximum absolute atomic E-state index is 12.9. The fourth-order valence-electron chi connectivity index (χ4n) is 23.8. The quantitative estimate of drug-likeness (QED) is 0.0770. The molecule has 33 nitrogen and oxygen atoms in total. The van der Waals surface area contributed by atoms with Gasteiger partial charge in [0.15, 0.2) is 22.7 Å². The van der Waals surface area contributed by atoms with Gasteiger partial charge in [0.25, 0.3) is 40.7 Å². The molecule has 786 valence electrons. The third-order valence-corrected chi connectivity index (χ3v) is 33.2. The number of rotatable bonds is 9. The molecule has 150 heavy (non-hydrogen) atoms. The largest absolute Gasteiger partial charge is 0.503 e. The second-order valence-electron chi connectivity index (χ2n) is 41.8. The van der Waals surface area contributed by atoms with Crippen LogP contribution >= 0.6 is 0 Å². The number of aliphatic hydroxyl groups excluding tert-OH is 1. The Morgan fingerprint density at radius 2 is 0.580 bits per heavy atom. The molecule has 8 aromatic carbocycles. The molecular weight excluding hydrogens is 1920 g/mol. The molecule has 4 bridgehead atoms. The molecule has 4 saturated heterocycles. The Hall–Kier alpha value is -15.5. The van der Waals surface area contributed by atoms with Crippen molar-refractivity contribution in [3.05, 3.63) is 348 Å². The Morgan fingerprint density at radius 1 is 0.293 bits per heavy atom. The van der Waals surface area contributed by atoms with Crippen LogP contribution < -0.4 is 51.4 Å². The molecule has 21 atom stereocenters. The first-order valence-corrected chi connectivity index (χ1v) is 49.8. The van der Waals surface area contributed by atoms with Gasteiger partial charge < -0.3 is 5.11 Å². The van der Waals surface area contributed by atoms with Crippen molar-refractivity contribution in [1.82, 2.24) is 4.57 Å². The lowest BCUT2D eigenvalue weighted by Crippen LogP contribution is -2.34. The average molecular weight is 2050 g/mol. The normalized spacial score (nSPS) is 26.5. The van der Waals surface area contributed by atoms with Gasteiger partial charge in [-0.3, -0.25) is 101 Å². The topological polar surface area (TPSA) is 467 Å². The Kier molecular flexibility index (Phi) is 34.8. The van der Waals surface area contributed by atoms with Crippen LogP contribution in [0.5, 0.6) is 0 Å². The number of anilines is 6. The SMILES string of the molecule is C.Cc1ccc(-n2c(=O)c3c(=O)c(C)c(C)c(=O)c=3c2=O)cc1.Cc1ccc(N2C(=O)C(OO)C(C3CCC(C)C3C)C2=O)cc1.Cc1ccc(N2C(=O)C3C4C(=O)C(C(C)C4C)C3C2=O)cc1.Cc1ccc(N2C(=O)C3C4CC(C(C)C4C)C3C2=O)cc1.Cc1ccc(N2C(=O)C3CC(C)C(C)CC3C2=O)cc1.Cc1ccc(N2C(=O)C=C(O)C2=O)cc1.Cc1ccc(N2C(=O)c3cc(C)c(C)cc3C2=O)cc1.O=O.O=O.O=O.[HH]. The molecule has 6 saturated carbocycles. The third kappa shape index (κ3) is 20.6. The molecule has 7 aliphatic carbocycles. The van der Waals surface area contributed by atoms with Gasteiger partial charge in [-0.1, -0.05) is 193 Å². The number of nitrogens with zero attached hydrogens (tertiary/aromatic N) is 7. The summed E-state index contributed by atoms with van der Waals surface area (Å²) in [5.74, 6) is -1.13. The van der Waals surface area contributed by atoms with Gasteiger partial charge in [0.2, 0.25) is 41.4 Å². The van der Waals surface area contributed by atoms with Crippen LogP contribution in [0.15, 0.2) is 213 Å². The summed E-state index contributed by atoms with van der Waals surface area (Å²) in [6.45, 7) is 37.8. The van der Waals surface area contributed by atoms with E-state index < -0.39 is 69.3 Å². The van der Waals surface area contributed by atoms with E-state index in [1.165, 1.54) is 38.3 Å². The second-order valence-corrected chi connectivity index (χ2v) is 41.8. The number of imide groups is 6. The monoisotopic (exact) mass is 2050 g/mol. The number of carbonyl (C=O) groups excluding carboxylic acids is 13. The summed E-state index contributed by atoms with van der Waals surface area (Å²) in [6, 6.07) is 54.7. The summed E-state index contributed by atoms with van der Waals surface area (Å²) in [7, 11) is 0. The minimum absolute atomic E-state index is 0. The van der Waals surface area contributed by atoms with Crippen molar-refractivity contribution in [2.24, 2.45) is 118 Å². The highest BCUT2D eigenvalue weighted by Gasteiger charge is 2.70. The fourth-order valence-corrected chi connectivity index (χ4v) is 23.8. The van der Waals surface area contributed by atoms with E-state index in [9.17, 15) is 86.8 Å². The number of carbonyl (C=O) groups is 13. The van der Waals surface area contributed by atoms with E-state index in [0.29, 0.717) is 86.9 Å². The Labute approximate surface area is 867 Å². The summed E-state index contributed by atoms with van der Waals surface area (Å²) in [5, 5.41) is 17.7. The third-order valence-electron chi connectivity index (χ3n) is 33.2.